The third-order valence-electron chi connectivity index (χ3n) is 2.34. The summed E-state index contributed by atoms with van der Waals surface area (Å²) < 4.78 is 1.13. The van der Waals surface area contributed by atoms with Crippen LogP contribution in [-0.4, -0.2) is 5.75 Å². The van der Waals surface area contributed by atoms with E-state index in [-0.39, 0.29) is 6.04 Å². The Morgan fingerprint density at radius 2 is 2.31 bits per heavy atom. The maximum atomic E-state index is 6.08. The fourth-order valence-electron chi connectivity index (χ4n) is 1.59. The van der Waals surface area contributed by atoms with Gasteiger partial charge in [-0.3, -0.25) is 0 Å². The van der Waals surface area contributed by atoms with E-state index < -0.39 is 0 Å². The summed E-state index contributed by atoms with van der Waals surface area (Å²) in [7, 11) is 0. The molecule has 1 aromatic carbocycles. The van der Waals surface area contributed by atoms with Crippen molar-refractivity contribution in [1.82, 2.24) is 0 Å². The molecule has 0 saturated carbocycles. The second kappa shape index (κ2) is 4.03. The van der Waals surface area contributed by atoms with Gasteiger partial charge in [0.2, 0.25) is 0 Å². The van der Waals surface area contributed by atoms with Crippen LogP contribution in [0.15, 0.2) is 22.7 Å². The van der Waals surface area contributed by atoms with E-state index in [9.17, 15) is 0 Å². The van der Waals surface area contributed by atoms with Crippen molar-refractivity contribution < 1.29 is 0 Å². The van der Waals surface area contributed by atoms with Gasteiger partial charge in [0.15, 0.2) is 0 Å². The molecule has 70 valence electrons. The Kier molecular flexibility index (Phi) is 2.96. The molecular weight excluding hydrogens is 246 g/mol. The summed E-state index contributed by atoms with van der Waals surface area (Å²) in [6.07, 6.45) is 1.09. The predicted octanol–water partition coefficient (Wildman–Crippen LogP) is 3.09. The van der Waals surface area contributed by atoms with Gasteiger partial charge in [0, 0.05) is 16.3 Å². The van der Waals surface area contributed by atoms with Crippen LogP contribution in [0.5, 0.6) is 0 Å². The lowest BCUT2D eigenvalue weighted by Gasteiger charge is -2.11. The van der Waals surface area contributed by atoms with Crippen molar-refractivity contribution in [2.24, 2.45) is 5.73 Å². The average Bonchev–Trinajstić information content (AvgIpc) is 2.29. The summed E-state index contributed by atoms with van der Waals surface area (Å²) in [5.74, 6) is 2.28. The van der Waals surface area contributed by atoms with E-state index in [1.165, 1.54) is 16.9 Å². The molecule has 0 unspecified atom stereocenters. The highest BCUT2D eigenvalue weighted by Gasteiger charge is 2.14. The van der Waals surface area contributed by atoms with Crippen LogP contribution in [0.2, 0.25) is 0 Å². The lowest BCUT2D eigenvalue weighted by atomic mass is 10.0. The molecule has 0 aliphatic carbocycles. The molecule has 1 nitrogen and oxygen atoms in total. The second-order valence-electron chi connectivity index (χ2n) is 3.29. The van der Waals surface area contributed by atoms with Gasteiger partial charge in [-0.1, -0.05) is 22.0 Å². The minimum absolute atomic E-state index is 0.225. The molecular formula is C10H12BrNS. The molecule has 2 N–H and O–H groups in total. The largest absolute Gasteiger partial charge is 0.324 e. The molecule has 1 heterocycles. The molecule has 0 spiro atoms. The topological polar surface area (TPSA) is 26.0 Å². The molecule has 1 aromatic rings. The molecule has 0 radical (unpaired) electrons. The minimum atomic E-state index is 0.225. The van der Waals surface area contributed by atoms with E-state index in [2.05, 4.69) is 34.1 Å². The van der Waals surface area contributed by atoms with Gasteiger partial charge in [-0.25, -0.2) is 0 Å². The number of nitrogens with two attached hydrogens (primary N) is 1. The highest BCUT2D eigenvalue weighted by Crippen LogP contribution is 2.30. The van der Waals surface area contributed by atoms with Crippen molar-refractivity contribution >= 4 is 27.7 Å². The number of hydrogen-bond acceptors (Lipinski definition) is 2. The summed E-state index contributed by atoms with van der Waals surface area (Å²) in [6.45, 7) is 0. The van der Waals surface area contributed by atoms with Crippen molar-refractivity contribution in [3.05, 3.63) is 33.8 Å². The Hall–Kier alpha value is 0.01000. The van der Waals surface area contributed by atoms with Gasteiger partial charge >= 0.3 is 0 Å². The van der Waals surface area contributed by atoms with Gasteiger partial charge in [0.05, 0.1) is 0 Å². The van der Waals surface area contributed by atoms with Gasteiger partial charge in [0.25, 0.3) is 0 Å². The van der Waals surface area contributed by atoms with E-state index in [4.69, 9.17) is 5.73 Å². The first-order valence-corrected chi connectivity index (χ1v) is 6.34. The summed E-state index contributed by atoms with van der Waals surface area (Å²) >= 11 is 5.45. The maximum Gasteiger partial charge on any atom is 0.0306 e. The van der Waals surface area contributed by atoms with Gasteiger partial charge < -0.3 is 5.73 Å². The number of thioether (sulfide) groups is 1. The third kappa shape index (κ3) is 2.09. The van der Waals surface area contributed by atoms with E-state index >= 15 is 0 Å². The monoisotopic (exact) mass is 257 g/mol. The molecule has 1 atom stereocenters. The van der Waals surface area contributed by atoms with Crippen LogP contribution in [-0.2, 0) is 5.75 Å². The molecule has 0 saturated heterocycles. The van der Waals surface area contributed by atoms with Crippen LogP contribution in [0.1, 0.15) is 23.6 Å². The normalized spacial score (nSPS) is 22.2. The lowest BCUT2D eigenvalue weighted by molar-refractivity contribution is 0.705. The highest BCUT2D eigenvalue weighted by atomic mass is 79.9. The van der Waals surface area contributed by atoms with Crippen LogP contribution in [0.25, 0.3) is 0 Å². The zero-order valence-electron chi connectivity index (χ0n) is 7.29. The quantitative estimate of drug-likeness (QED) is 0.773. The Morgan fingerprint density at radius 3 is 3.15 bits per heavy atom. The number of halogens is 1. The molecule has 0 aromatic heterocycles. The van der Waals surface area contributed by atoms with Crippen LogP contribution >= 0.6 is 27.7 Å². The Labute approximate surface area is 91.2 Å². The molecule has 1 aliphatic heterocycles. The van der Waals surface area contributed by atoms with E-state index in [0.717, 1.165) is 16.6 Å². The molecule has 3 heteroatoms. The number of hydrogen-bond donors (Lipinski definition) is 1. The highest BCUT2D eigenvalue weighted by molar-refractivity contribution is 9.10. The molecule has 13 heavy (non-hydrogen) atoms. The summed E-state index contributed by atoms with van der Waals surface area (Å²) in [5.41, 5.74) is 8.80. The van der Waals surface area contributed by atoms with Crippen molar-refractivity contribution in [3.8, 4) is 0 Å². The predicted molar refractivity (Wildman–Crippen MR) is 61.8 cm³/mol. The number of fused-ring (bicyclic) bond motifs is 1. The van der Waals surface area contributed by atoms with E-state index in [1.807, 2.05) is 11.8 Å². The lowest BCUT2D eigenvalue weighted by Crippen LogP contribution is -2.11. The van der Waals surface area contributed by atoms with Crippen LogP contribution in [0.4, 0.5) is 0 Å². The Balaban J connectivity index is 2.43. The fraction of sp³-hybridized carbons (Fsp3) is 0.400. The van der Waals surface area contributed by atoms with Crippen LogP contribution in [0.3, 0.4) is 0 Å². The first kappa shape index (κ1) is 9.56. The minimum Gasteiger partial charge on any atom is -0.324 e. The Bertz CT molecular complexity index is 314. The van der Waals surface area contributed by atoms with Gasteiger partial charge in [-0.05, 0) is 35.4 Å². The first-order chi connectivity index (χ1) is 6.27. The van der Waals surface area contributed by atoms with Gasteiger partial charge in [0.1, 0.15) is 0 Å². The van der Waals surface area contributed by atoms with Crippen molar-refractivity contribution in [1.29, 1.82) is 0 Å². The molecule has 2 rings (SSSR count). The van der Waals surface area contributed by atoms with Crippen molar-refractivity contribution in [3.63, 3.8) is 0 Å². The summed E-state index contributed by atoms with van der Waals surface area (Å²) in [6, 6.07) is 6.66. The van der Waals surface area contributed by atoms with Crippen molar-refractivity contribution in [2.75, 3.05) is 5.75 Å². The second-order valence-corrected chi connectivity index (χ2v) is 5.31. The van der Waals surface area contributed by atoms with E-state index in [0.29, 0.717) is 0 Å². The zero-order valence-corrected chi connectivity index (χ0v) is 9.70. The summed E-state index contributed by atoms with van der Waals surface area (Å²) in [5, 5.41) is 0. The maximum absolute atomic E-state index is 6.08. The SMILES string of the molecule is N[C@H]1CCSCc2ccc(Br)cc21. The standard InChI is InChI=1S/C10H12BrNS/c11-8-2-1-7-6-13-4-3-10(12)9(7)5-8/h1-2,5,10H,3-4,6,12H2/t10-/m0/s1. The molecule has 0 bridgehead atoms. The van der Waals surface area contributed by atoms with Crippen molar-refractivity contribution in [2.45, 2.75) is 18.2 Å². The van der Waals surface area contributed by atoms with Gasteiger partial charge in [-0.2, -0.15) is 11.8 Å². The smallest absolute Gasteiger partial charge is 0.0306 e. The zero-order chi connectivity index (χ0) is 9.26. The van der Waals surface area contributed by atoms with Gasteiger partial charge in [-0.15, -0.1) is 0 Å². The first-order valence-electron chi connectivity index (χ1n) is 4.39. The fourth-order valence-corrected chi connectivity index (χ4v) is 3.02. The third-order valence-corrected chi connectivity index (χ3v) is 3.87. The number of benzene rings is 1. The molecule has 0 fully saturated rings. The van der Waals surface area contributed by atoms with Crippen LogP contribution < -0.4 is 5.73 Å². The molecule has 1 aliphatic rings. The molecule has 0 amide bonds. The average molecular weight is 258 g/mol. The summed E-state index contributed by atoms with van der Waals surface area (Å²) in [4.78, 5) is 0. The van der Waals surface area contributed by atoms with Crippen LogP contribution in [0, 0.1) is 0 Å². The number of rotatable bonds is 0. The Morgan fingerprint density at radius 1 is 1.46 bits per heavy atom. The van der Waals surface area contributed by atoms with E-state index in [1.54, 1.807) is 0 Å².